The van der Waals surface area contributed by atoms with E-state index in [1.165, 1.54) is 0 Å². The first-order valence-electron chi connectivity index (χ1n) is 8.78. The number of nitrogens with zero attached hydrogens (tertiary/aromatic N) is 1. The highest BCUT2D eigenvalue weighted by molar-refractivity contribution is 5.77. The Balaban J connectivity index is 1.65. The number of ether oxygens (including phenoxy) is 3. The second-order valence-electron chi connectivity index (χ2n) is 6.41. The highest BCUT2D eigenvalue weighted by Gasteiger charge is 2.47. The van der Waals surface area contributed by atoms with Gasteiger partial charge < -0.3 is 14.2 Å². The molecule has 0 radical (unpaired) electrons. The van der Waals surface area contributed by atoms with Gasteiger partial charge in [-0.15, -0.1) is 0 Å². The standard InChI is InChI=1S/C21H25NO4/c1-24-21(25-2)19-13-18(22(19)14-16-9-5-3-6-10-16)20(23)26-15-17-11-7-4-8-12-17/h3-12,18-19,21H,13-15H2,1-2H3/t18-,19+/m1/s1. The van der Waals surface area contributed by atoms with Gasteiger partial charge in [0, 0.05) is 20.8 Å². The quantitative estimate of drug-likeness (QED) is 0.538. The third-order valence-electron chi connectivity index (χ3n) is 4.77. The van der Waals surface area contributed by atoms with Crippen molar-refractivity contribution in [3.05, 3.63) is 71.8 Å². The topological polar surface area (TPSA) is 48.0 Å². The zero-order valence-electron chi connectivity index (χ0n) is 15.2. The largest absolute Gasteiger partial charge is 0.460 e. The van der Waals surface area contributed by atoms with Crippen LogP contribution in [0.1, 0.15) is 17.5 Å². The van der Waals surface area contributed by atoms with Gasteiger partial charge in [-0.3, -0.25) is 9.69 Å². The summed E-state index contributed by atoms with van der Waals surface area (Å²) < 4.78 is 16.4. The average molecular weight is 355 g/mol. The molecule has 5 nitrogen and oxygen atoms in total. The van der Waals surface area contributed by atoms with Gasteiger partial charge in [0.25, 0.3) is 0 Å². The van der Waals surface area contributed by atoms with Crippen LogP contribution in [0.25, 0.3) is 0 Å². The van der Waals surface area contributed by atoms with Crippen LogP contribution < -0.4 is 0 Å². The summed E-state index contributed by atoms with van der Waals surface area (Å²) in [4.78, 5) is 14.7. The fourth-order valence-electron chi connectivity index (χ4n) is 3.35. The van der Waals surface area contributed by atoms with E-state index >= 15 is 0 Å². The number of rotatable bonds is 8. The molecule has 2 aromatic rings. The van der Waals surface area contributed by atoms with E-state index in [9.17, 15) is 4.79 Å². The molecule has 1 saturated heterocycles. The fraction of sp³-hybridized carbons (Fsp3) is 0.381. The first kappa shape index (κ1) is 18.6. The molecule has 0 N–H and O–H groups in total. The summed E-state index contributed by atoms with van der Waals surface area (Å²) in [6.07, 6.45) is 0.296. The Kier molecular flexibility index (Phi) is 6.39. The number of hydrogen-bond donors (Lipinski definition) is 0. The molecular weight excluding hydrogens is 330 g/mol. The van der Waals surface area contributed by atoms with Gasteiger partial charge in [0.15, 0.2) is 6.29 Å². The van der Waals surface area contributed by atoms with Gasteiger partial charge in [0.1, 0.15) is 12.6 Å². The Morgan fingerprint density at radius 3 is 2.15 bits per heavy atom. The maximum atomic E-state index is 12.6. The number of esters is 1. The number of likely N-dealkylation sites (tertiary alicyclic amines) is 1. The van der Waals surface area contributed by atoms with Crippen LogP contribution in [-0.2, 0) is 32.2 Å². The molecule has 26 heavy (non-hydrogen) atoms. The molecule has 0 saturated carbocycles. The third-order valence-corrected chi connectivity index (χ3v) is 4.77. The molecule has 138 valence electrons. The summed E-state index contributed by atoms with van der Waals surface area (Å²) >= 11 is 0. The minimum atomic E-state index is -0.364. The van der Waals surface area contributed by atoms with Gasteiger partial charge >= 0.3 is 5.97 Å². The average Bonchev–Trinajstić information content (AvgIpc) is 2.69. The number of hydrogen-bond acceptors (Lipinski definition) is 5. The number of carbonyl (C=O) groups excluding carboxylic acids is 1. The smallest absolute Gasteiger partial charge is 0.323 e. The lowest BCUT2D eigenvalue weighted by Gasteiger charge is -2.49. The number of carbonyl (C=O) groups is 1. The maximum absolute atomic E-state index is 12.6. The van der Waals surface area contributed by atoms with Crippen molar-refractivity contribution >= 4 is 5.97 Å². The number of benzene rings is 2. The van der Waals surface area contributed by atoms with Crippen LogP contribution in [0.15, 0.2) is 60.7 Å². The lowest BCUT2D eigenvalue weighted by Crippen LogP contribution is -2.63. The second kappa shape index (κ2) is 8.94. The van der Waals surface area contributed by atoms with Crippen LogP contribution in [0.2, 0.25) is 0 Å². The molecule has 2 aromatic carbocycles. The van der Waals surface area contributed by atoms with Crippen LogP contribution >= 0.6 is 0 Å². The monoisotopic (exact) mass is 355 g/mol. The van der Waals surface area contributed by atoms with Gasteiger partial charge in [0.2, 0.25) is 0 Å². The molecule has 1 fully saturated rings. The molecule has 2 atom stereocenters. The third kappa shape index (κ3) is 4.30. The van der Waals surface area contributed by atoms with Crippen molar-refractivity contribution in [3.8, 4) is 0 Å². The van der Waals surface area contributed by atoms with E-state index in [1.54, 1.807) is 14.2 Å². The van der Waals surface area contributed by atoms with Crippen molar-refractivity contribution in [2.24, 2.45) is 0 Å². The van der Waals surface area contributed by atoms with Crippen LogP contribution in [-0.4, -0.2) is 43.5 Å². The van der Waals surface area contributed by atoms with E-state index in [0.717, 1.165) is 11.1 Å². The summed E-state index contributed by atoms with van der Waals surface area (Å²) in [7, 11) is 3.24. The molecule has 0 amide bonds. The van der Waals surface area contributed by atoms with Crippen molar-refractivity contribution < 1.29 is 19.0 Å². The first-order chi connectivity index (χ1) is 12.7. The van der Waals surface area contributed by atoms with Crippen molar-refractivity contribution in [1.29, 1.82) is 0 Å². The van der Waals surface area contributed by atoms with Crippen molar-refractivity contribution in [2.75, 3.05) is 14.2 Å². The van der Waals surface area contributed by atoms with Crippen molar-refractivity contribution in [3.63, 3.8) is 0 Å². The maximum Gasteiger partial charge on any atom is 0.323 e. The van der Waals surface area contributed by atoms with Crippen LogP contribution in [0, 0.1) is 0 Å². The zero-order valence-corrected chi connectivity index (χ0v) is 15.2. The van der Waals surface area contributed by atoms with Gasteiger partial charge in [-0.25, -0.2) is 0 Å². The summed E-state index contributed by atoms with van der Waals surface area (Å²) in [5.41, 5.74) is 2.13. The van der Waals surface area contributed by atoms with Crippen LogP contribution in [0.4, 0.5) is 0 Å². The minimum Gasteiger partial charge on any atom is -0.460 e. The summed E-state index contributed by atoms with van der Waals surface area (Å²) in [5.74, 6) is -0.202. The molecule has 0 bridgehead atoms. The predicted molar refractivity (Wildman–Crippen MR) is 98.2 cm³/mol. The number of methoxy groups -OCH3 is 2. The fourth-order valence-corrected chi connectivity index (χ4v) is 3.35. The lowest BCUT2D eigenvalue weighted by atomic mass is 9.91. The van der Waals surface area contributed by atoms with Gasteiger partial charge in [-0.05, 0) is 17.5 Å². The molecular formula is C21H25NO4. The van der Waals surface area contributed by atoms with Crippen LogP contribution in [0.3, 0.4) is 0 Å². The molecule has 0 aliphatic carbocycles. The normalized spacial score (nSPS) is 20.0. The molecule has 3 rings (SSSR count). The highest BCUT2D eigenvalue weighted by atomic mass is 16.7. The van der Waals surface area contributed by atoms with E-state index in [4.69, 9.17) is 14.2 Å². The molecule has 1 aliphatic heterocycles. The highest BCUT2D eigenvalue weighted by Crippen LogP contribution is 2.32. The van der Waals surface area contributed by atoms with E-state index in [-0.39, 0.29) is 30.9 Å². The minimum absolute atomic E-state index is 0.0273. The predicted octanol–water partition coefficient (Wildman–Crippen LogP) is 2.99. The Hall–Kier alpha value is -2.21. The van der Waals surface area contributed by atoms with Crippen molar-refractivity contribution in [2.45, 2.75) is 37.9 Å². The summed E-state index contributed by atoms with van der Waals surface area (Å²) in [6, 6.07) is 19.5. The Morgan fingerprint density at radius 2 is 1.58 bits per heavy atom. The van der Waals surface area contributed by atoms with Gasteiger partial charge in [-0.1, -0.05) is 60.7 Å². The van der Waals surface area contributed by atoms with E-state index in [1.807, 2.05) is 48.5 Å². The Labute approximate surface area is 154 Å². The molecule has 1 aliphatic rings. The molecule has 1 heterocycles. The van der Waals surface area contributed by atoms with Gasteiger partial charge in [0.05, 0.1) is 6.04 Å². The molecule has 0 spiro atoms. The summed E-state index contributed by atoms with van der Waals surface area (Å²) in [6.45, 7) is 0.942. The molecule has 5 heteroatoms. The summed E-state index contributed by atoms with van der Waals surface area (Å²) in [5, 5.41) is 0. The second-order valence-corrected chi connectivity index (χ2v) is 6.41. The van der Waals surface area contributed by atoms with Crippen LogP contribution in [0.5, 0.6) is 0 Å². The van der Waals surface area contributed by atoms with Crippen molar-refractivity contribution in [1.82, 2.24) is 4.90 Å². The SMILES string of the molecule is COC(OC)[C@@H]1C[C@H](C(=O)OCc2ccccc2)N1Cc1ccccc1. The first-order valence-corrected chi connectivity index (χ1v) is 8.78. The molecule has 0 unspecified atom stereocenters. The Bertz CT molecular complexity index is 688. The van der Waals surface area contributed by atoms with Gasteiger partial charge in [-0.2, -0.15) is 0 Å². The Morgan fingerprint density at radius 1 is 1.00 bits per heavy atom. The van der Waals surface area contributed by atoms with E-state index in [0.29, 0.717) is 13.0 Å². The van der Waals surface area contributed by atoms with E-state index < -0.39 is 0 Å². The van der Waals surface area contributed by atoms with E-state index in [2.05, 4.69) is 17.0 Å². The lowest BCUT2D eigenvalue weighted by molar-refractivity contribution is -0.201. The molecule has 0 aromatic heterocycles. The zero-order chi connectivity index (χ0) is 18.4.